The molecule has 1 aliphatic rings. The Bertz CT molecular complexity index is 317. The molecule has 0 saturated carbocycles. The quantitative estimate of drug-likeness (QED) is 0.843. The van der Waals surface area contributed by atoms with Crippen molar-refractivity contribution in [2.24, 2.45) is 5.92 Å². The molecule has 16 heavy (non-hydrogen) atoms. The maximum atomic E-state index is 5.68. The lowest BCUT2D eigenvalue weighted by Crippen LogP contribution is -2.40. The summed E-state index contributed by atoms with van der Waals surface area (Å²) in [7, 11) is 0. The topological polar surface area (TPSA) is 25.2 Å². The lowest BCUT2D eigenvalue weighted by atomic mass is 9.73. The van der Waals surface area contributed by atoms with Crippen molar-refractivity contribution in [3.8, 4) is 0 Å². The molecule has 0 radical (unpaired) electrons. The van der Waals surface area contributed by atoms with Crippen molar-refractivity contribution in [3.05, 3.63) is 24.2 Å². The zero-order valence-electron chi connectivity index (χ0n) is 10.6. The fraction of sp³-hybridized carbons (Fsp3) is 0.714. The van der Waals surface area contributed by atoms with Crippen LogP contribution in [0, 0.1) is 5.92 Å². The second-order valence-corrected chi connectivity index (χ2v) is 5.37. The van der Waals surface area contributed by atoms with Crippen molar-refractivity contribution < 1.29 is 4.42 Å². The fourth-order valence-electron chi connectivity index (χ4n) is 3.07. The minimum atomic E-state index is 0.230. The molecule has 2 heterocycles. The standard InChI is InChI=1S/C14H23NO/c1-4-14(13-6-5-9-16-13)7-8-15-12(14)10-11(2)3/h5-6,9,11-12,15H,4,7-8,10H2,1-3H3. The van der Waals surface area contributed by atoms with E-state index in [1.165, 1.54) is 18.6 Å². The number of hydrogen-bond acceptors (Lipinski definition) is 2. The summed E-state index contributed by atoms with van der Waals surface area (Å²) in [6.45, 7) is 7.99. The molecule has 2 rings (SSSR count). The average molecular weight is 221 g/mol. The molecule has 0 aliphatic carbocycles. The molecule has 1 aliphatic heterocycles. The monoisotopic (exact) mass is 221 g/mol. The van der Waals surface area contributed by atoms with E-state index < -0.39 is 0 Å². The third-order valence-electron chi connectivity index (χ3n) is 3.98. The second-order valence-electron chi connectivity index (χ2n) is 5.37. The normalized spacial score (nSPS) is 30.1. The molecule has 2 unspecified atom stereocenters. The van der Waals surface area contributed by atoms with Crippen LogP contribution < -0.4 is 5.32 Å². The maximum absolute atomic E-state index is 5.68. The number of nitrogens with one attached hydrogen (secondary N) is 1. The predicted octanol–water partition coefficient (Wildman–Crippen LogP) is 3.34. The first-order valence-electron chi connectivity index (χ1n) is 6.46. The molecular weight excluding hydrogens is 198 g/mol. The number of furan rings is 1. The van der Waals surface area contributed by atoms with E-state index >= 15 is 0 Å². The largest absolute Gasteiger partial charge is 0.469 e. The van der Waals surface area contributed by atoms with Crippen LogP contribution >= 0.6 is 0 Å². The molecular formula is C14H23NO. The van der Waals surface area contributed by atoms with Gasteiger partial charge in [-0.2, -0.15) is 0 Å². The zero-order chi connectivity index (χ0) is 11.6. The molecule has 1 aromatic heterocycles. The summed E-state index contributed by atoms with van der Waals surface area (Å²) < 4.78 is 5.68. The lowest BCUT2D eigenvalue weighted by Gasteiger charge is -2.33. The van der Waals surface area contributed by atoms with Crippen LogP contribution in [0.1, 0.15) is 45.8 Å². The molecule has 0 bridgehead atoms. The van der Waals surface area contributed by atoms with E-state index in [-0.39, 0.29) is 5.41 Å². The van der Waals surface area contributed by atoms with Crippen LogP contribution in [-0.4, -0.2) is 12.6 Å². The van der Waals surface area contributed by atoms with Crippen molar-refractivity contribution in [2.75, 3.05) is 6.54 Å². The fourth-order valence-corrected chi connectivity index (χ4v) is 3.07. The minimum absolute atomic E-state index is 0.230. The van der Waals surface area contributed by atoms with Gasteiger partial charge < -0.3 is 9.73 Å². The summed E-state index contributed by atoms with van der Waals surface area (Å²) in [5.41, 5.74) is 0.230. The van der Waals surface area contributed by atoms with E-state index in [9.17, 15) is 0 Å². The van der Waals surface area contributed by atoms with Gasteiger partial charge in [0, 0.05) is 11.5 Å². The summed E-state index contributed by atoms with van der Waals surface area (Å²) in [6, 6.07) is 4.73. The first-order chi connectivity index (χ1) is 7.69. The molecule has 90 valence electrons. The first-order valence-corrected chi connectivity index (χ1v) is 6.46. The van der Waals surface area contributed by atoms with E-state index in [4.69, 9.17) is 4.42 Å². The Morgan fingerprint density at radius 3 is 2.94 bits per heavy atom. The molecule has 1 N–H and O–H groups in total. The number of hydrogen-bond donors (Lipinski definition) is 1. The van der Waals surface area contributed by atoms with Crippen LogP contribution in [0.4, 0.5) is 0 Å². The molecule has 1 fully saturated rings. The van der Waals surface area contributed by atoms with Crippen LogP contribution in [0.25, 0.3) is 0 Å². The highest BCUT2D eigenvalue weighted by Crippen LogP contribution is 2.41. The summed E-state index contributed by atoms with van der Waals surface area (Å²) in [6.07, 6.45) is 5.39. The molecule has 0 spiro atoms. The Balaban J connectivity index is 2.25. The summed E-state index contributed by atoms with van der Waals surface area (Å²) in [4.78, 5) is 0. The van der Waals surface area contributed by atoms with Gasteiger partial charge in [0.25, 0.3) is 0 Å². The molecule has 0 amide bonds. The maximum Gasteiger partial charge on any atom is 0.111 e. The molecule has 1 saturated heterocycles. The van der Waals surface area contributed by atoms with E-state index in [0.717, 1.165) is 18.9 Å². The second kappa shape index (κ2) is 4.62. The van der Waals surface area contributed by atoms with Crippen LogP contribution in [0.5, 0.6) is 0 Å². The third kappa shape index (κ3) is 1.91. The van der Waals surface area contributed by atoms with Gasteiger partial charge in [-0.25, -0.2) is 0 Å². The van der Waals surface area contributed by atoms with Crippen LogP contribution in [0.3, 0.4) is 0 Å². The zero-order valence-corrected chi connectivity index (χ0v) is 10.6. The third-order valence-corrected chi connectivity index (χ3v) is 3.98. The van der Waals surface area contributed by atoms with Crippen molar-refractivity contribution in [3.63, 3.8) is 0 Å². The summed E-state index contributed by atoms with van der Waals surface area (Å²) in [5.74, 6) is 1.90. The van der Waals surface area contributed by atoms with Gasteiger partial charge in [0.1, 0.15) is 5.76 Å². The van der Waals surface area contributed by atoms with Gasteiger partial charge in [-0.05, 0) is 43.9 Å². The Kier molecular flexibility index (Phi) is 3.38. The Morgan fingerprint density at radius 2 is 2.38 bits per heavy atom. The highest BCUT2D eigenvalue weighted by atomic mass is 16.3. The molecule has 1 aromatic rings. The van der Waals surface area contributed by atoms with Gasteiger partial charge in [0.15, 0.2) is 0 Å². The Hall–Kier alpha value is -0.760. The summed E-state index contributed by atoms with van der Waals surface area (Å²) >= 11 is 0. The molecule has 2 nitrogen and oxygen atoms in total. The van der Waals surface area contributed by atoms with E-state index in [0.29, 0.717) is 6.04 Å². The lowest BCUT2D eigenvalue weighted by molar-refractivity contribution is 0.262. The van der Waals surface area contributed by atoms with Crippen molar-refractivity contribution >= 4 is 0 Å². The van der Waals surface area contributed by atoms with E-state index in [1.54, 1.807) is 6.26 Å². The van der Waals surface area contributed by atoms with Gasteiger partial charge >= 0.3 is 0 Å². The first kappa shape index (κ1) is 11.7. The molecule has 2 atom stereocenters. The highest BCUT2D eigenvalue weighted by Gasteiger charge is 2.44. The Labute approximate surface area is 98.4 Å². The number of rotatable bonds is 4. The highest BCUT2D eigenvalue weighted by molar-refractivity contribution is 5.20. The van der Waals surface area contributed by atoms with Crippen LogP contribution in [-0.2, 0) is 5.41 Å². The van der Waals surface area contributed by atoms with Gasteiger partial charge in [-0.3, -0.25) is 0 Å². The average Bonchev–Trinajstić information content (AvgIpc) is 2.85. The molecule has 0 aromatic carbocycles. The van der Waals surface area contributed by atoms with Crippen LogP contribution in [0.15, 0.2) is 22.8 Å². The van der Waals surface area contributed by atoms with Crippen molar-refractivity contribution in [1.29, 1.82) is 0 Å². The SMILES string of the molecule is CCC1(c2ccco2)CCNC1CC(C)C. The minimum Gasteiger partial charge on any atom is -0.469 e. The van der Waals surface area contributed by atoms with Gasteiger partial charge in [0.2, 0.25) is 0 Å². The van der Waals surface area contributed by atoms with Gasteiger partial charge in [-0.15, -0.1) is 0 Å². The predicted molar refractivity (Wildman–Crippen MR) is 66.5 cm³/mol. The van der Waals surface area contributed by atoms with E-state index in [2.05, 4.69) is 32.2 Å². The van der Waals surface area contributed by atoms with Crippen LogP contribution in [0.2, 0.25) is 0 Å². The van der Waals surface area contributed by atoms with Crippen molar-refractivity contribution in [1.82, 2.24) is 5.32 Å². The smallest absolute Gasteiger partial charge is 0.111 e. The molecule has 2 heteroatoms. The van der Waals surface area contributed by atoms with Gasteiger partial charge in [0.05, 0.1) is 6.26 Å². The van der Waals surface area contributed by atoms with Crippen molar-refractivity contribution in [2.45, 2.75) is 51.5 Å². The summed E-state index contributed by atoms with van der Waals surface area (Å²) in [5, 5.41) is 3.66. The Morgan fingerprint density at radius 1 is 1.56 bits per heavy atom. The van der Waals surface area contributed by atoms with E-state index in [1.807, 2.05) is 6.07 Å². The van der Waals surface area contributed by atoms with Gasteiger partial charge in [-0.1, -0.05) is 20.8 Å².